The molecule has 2 aliphatic rings. The number of rotatable bonds is 7. The molecule has 1 fully saturated rings. The van der Waals surface area contributed by atoms with Gasteiger partial charge in [-0.3, -0.25) is 9.59 Å². The van der Waals surface area contributed by atoms with Gasteiger partial charge in [0.1, 0.15) is 23.3 Å². The van der Waals surface area contributed by atoms with E-state index in [1.54, 1.807) is 41.8 Å². The minimum absolute atomic E-state index is 0.000613. The van der Waals surface area contributed by atoms with Gasteiger partial charge in [-0.05, 0) is 63.4 Å². The molecule has 1 aromatic heterocycles. The van der Waals surface area contributed by atoms with E-state index in [-0.39, 0.29) is 36.1 Å². The number of nitrogens with zero attached hydrogens (tertiary/aromatic N) is 4. The predicted octanol–water partition coefficient (Wildman–Crippen LogP) is 4.72. The van der Waals surface area contributed by atoms with E-state index in [1.165, 1.54) is 18.3 Å². The summed E-state index contributed by atoms with van der Waals surface area (Å²) in [4.78, 5) is 34.3. The van der Waals surface area contributed by atoms with E-state index in [1.807, 2.05) is 25.1 Å². The summed E-state index contributed by atoms with van der Waals surface area (Å²) in [6, 6.07) is 15.2. The molecule has 0 spiro atoms. The summed E-state index contributed by atoms with van der Waals surface area (Å²) in [5.41, 5.74) is 0.864. The zero-order valence-corrected chi connectivity index (χ0v) is 23.8. The molecule has 0 bridgehead atoms. The van der Waals surface area contributed by atoms with Crippen LogP contribution in [-0.4, -0.2) is 64.2 Å². The zero-order valence-electron chi connectivity index (χ0n) is 23.8. The minimum Gasteiger partial charge on any atom is -0.490 e. The smallest absolute Gasteiger partial charge is 0.271 e. The number of anilines is 1. The highest BCUT2D eigenvalue weighted by molar-refractivity contribution is 6.02. The van der Waals surface area contributed by atoms with E-state index in [0.717, 1.165) is 0 Å². The molecular formula is C32H33FN4O5. The number of halogens is 1. The second-order valence-electron chi connectivity index (χ2n) is 11.1. The SMILES string of the molecule is C[C@H](CCO)Oc1ccccc1-c1ccc(C(=O)N2CCC(N3C(=O)C(C)(C)Oc4ncc(C#N)cc43)CC2)c(F)c1. The number of aliphatic hydroxyl groups is 1. The third-order valence-electron chi connectivity index (χ3n) is 7.68. The average molecular weight is 573 g/mol. The first-order valence-electron chi connectivity index (χ1n) is 14.0. The van der Waals surface area contributed by atoms with Crippen molar-refractivity contribution in [2.24, 2.45) is 0 Å². The molecule has 0 unspecified atom stereocenters. The number of carbonyl (C=O) groups is 2. The summed E-state index contributed by atoms with van der Waals surface area (Å²) in [6.07, 6.45) is 2.60. The van der Waals surface area contributed by atoms with Crippen LogP contribution in [0, 0.1) is 17.1 Å². The van der Waals surface area contributed by atoms with Crippen LogP contribution in [0.2, 0.25) is 0 Å². The Morgan fingerprint density at radius 3 is 2.67 bits per heavy atom. The maximum absolute atomic E-state index is 15.4. The van der Waals surface area contributed by atoms with Gasteiger partial charge in [0.25, 0.3) is 11.8 Å². The van der Waals surface area contributed by atoms with Crippen LogP contribution >= 0.6 is 0 Å². The molecule has 5 rings (SSSR count). The molecule has 1 saturated heterocycles. The molecule has 10 heteroatoms. The first-order valence-corrected chi connectivity index (χ1v) is 14.0. The van der Waals surface area contributed by atoms with Gasteiger partial charge >= 0.3 is 0 Å². The molecule has 0 saturated carbocycles. The molecular weight excluding hydrogens is 539 g/mol. The van der Waals surface area contributed by atoms with Crippen molar-refractivity contribution in [3.05, 3.63) is 71.7 Å². The van der Waals surface area contributed by atoms with Crippen LogP contribution in [0.3, 0.4) is 0 Å². The second-order valence-corrected chi connectivity index (χ2v) is 11.1. The highest BCUT2D eigenvalue weighted by Crippen LogP contribution is 2.40. The number of nitriles is 1. The Hall–Kier alpha value is -4.49. The van der Waals surface area contributed by atoms with Crippen molar-refractivity contribution in [1.82, 2.24) is 9.88 Å². The summed E-state index contributed by atoms with van der Waals surface area (Å²) in [5.74, 6) is -0.436. The summed E-state index contributed by atoms with van der Waals surface area (Å²) in [6.45, 7) is 5.87. The van der Waals surface area contributed by atoms with E-state index in [9.17, 15) is 20.0 Å². The zero-order chi connectivity index (χ0) is 30.0. The van der Waals surface area contributed by atoms with E-state index >= 15 is 4.39 Å². The van der Waals surface area contributed by atoms with Gasteiger partial charge in [-0.1, -0.05) is 24.3 Å². The summed E-state index contributed by atoms with van der Waals surface area (Å²) in [5, 5.41) is 18.6. The van der Waals surface area contributed by atoms with Gasteiger partial charge < -0.3 is 24.4 Å². The Kier molecular flexibility index (Phi) is 8.14. The average Bonchev–Trinajstić information content (AvgIpc) is 2.98. The van der Waals surface area contributed by atoms with Crippen molar-refractivity contribution in [1.29, 1.82) is 5.26 Å². The first kappa shape index (κ1) is 29.0. The van der Waals surface area contributed by atoms with Crippen LogP contribution in [0.5, 0.6) is 11.6 Å². The van der Waals surface area contributed by atoms with E-state index < -0.39 is 17.3 Å². The molecule has 2 aliphatic heterocycles. The monoisotopic (exact) mass is 572 g/mol. The van der Waals surface area contributed by atoms with Crippen molar-refractivity contribution >= 4 is 17.5 Å². The van der Waals surface area contributed by atoms with E-state index in [4.69, 9.17) is 9.47 Å². The van der Waals surface area contributed by atoms with Gasteiger partial charge in [0.2, 0.25) is 5.88 Å². The fourth-order valence-electron chi connectivity index (χ4n) is 5.42. The Labute approximate surface area is 244 Å². The molecule has 1 N–H and O–H groups in total. The largest absolute Gasteiger partial charge is 0.490 e. The van der Waals surface area contributed by atoms with Crippen LogP contribution in [0.1, 0.15) is 56.0 Å². The van der Waals surface area contributed by atoms with Gasteiger partial charge in [-0.15, -0.1) is 0 Å². The lowest BCUT2D eigenvalue weighted by atomic mass is 9.96. The molecule has 0 aliphatic carbocycles. The minimum atomic E-state index is -1.13. The molecule has 3 aromatic rings. The summed E-state index contributed by atoms with van der Waals surface area (Å²) in [7, 11) is 0. The number of benzene rings is 2. The molecule has 2 amide bonds. The Balaban J connectivity index is 1.31. The van der Waals surface area contributed by atoms with Crippen LogP contribution in [-0.2, 0) is 4.79 Å². The van der Waals surface area contributed by atoms with E-state index in [0.29, 0.717) is 60.5 Å². The number of fused-ring (bicyclic) bond motifs is 1. The maximum atomic E-state index is 15.4. The number of ether oxygens (including phenoxy) is 2. The number of carbonyl (C=O) groups excluding carboxylic acids is 2. The third kappa shape index (κ3) is 5.65. The fraction of sp³-hybridized carbons (Fsp3) is 0.375. The quantitative estimate of drug-likeness (QED) is 0.436. The van der Waals surface area contributed by atoms with Gasteiger partial charge in [0, 0.05) is 43.9 Å². The number of aliphatic hydroxyl groups excluding tert-OH is 1. The van der Waals surface area contributed by atoms with Crippen LogP contribution in [0.4, 0.5) is 10.1 Å². The maximum Gasteiger partial charge on any atom is 0.271 e. The Morgan fingerprint density at radius 2 is 1.98 bits per heavy atom. The van der Waals surface area contributed by atoms with Crippen molar-refractivity contribution in [2.75, 3.05) is 24.6 Å². The Morgan fingerprint density at radius 1 is 1.24 bits per heavy atom. The van der Waals surface area contributed by atoms with Crippen molar-refractivity contribution in [3.63, 3.8) is 0 Å². The molecule has 42 heavy (non-hydrogen) atoms. The molecule has 1 atom stereocenters. The number of hydrogen-bond acceptors (Lipinski definition) is 7. The van der Waals surface area contributed by atoms with Crippen molar-refractivity contribution in [2.45, 2.75) is 57.8 Å². The Bertz CT molecular complexity index is 1540. The van der Waals surface area contributed by atoms with Gasteiger partial charge in [-0.2, -0.15) is 5.26 Å². The third-order valence-corrected chi connectivity index (χ3v) is 7.68. The lowest BCUT2D eigenvalue weighted by molar-refractivity contribution is -0.133. The van der Waals surface area contributed by atoms with Crippen LogP contribution < -0.4 is 14.4 Å². The van der Waals surface area contributed by atoms with Gasteiger partial charge in [0.05, 0.1) is 17.2 Å². The summed E-state index contributed by atoms with van der Waals surface area (Å²) < 4.78 is 27.2. The highest BCUT2D eigenvalue weighted by Gasteiger charge is 2.45. The molecule has 2 aromatic carbocycles. The van der Waals surface area contributed by atoms with E-state index in [2.05, 4.69) is 11.1 Å². The topological polar surface area (TPSA) is 116 Å². The predicted molar refractivity (Wildman–Crippen MR) is 154 cm³/mol. The molecule has 218 valence electrons. The fourth-order valence-corrected chi connectivity index (χ4v) is 5.42. The normalized spacial score (nSPS) is 17.2. The van der Waals surface area contributed by atoms with Crippen LogP contribution in [0.15, 0.2) is 54.7 Å². The number of para-hydroxylation sites is 1. The highest BCUT2D eigenvalue weighted by atomic mass is 19.1. The number of piperidine rings is 1. The van der Waals surface area contributed by atoms with Gasteiger partial charge in [0.15, 0.2) is 5.60 Å². The number of pyridine rings is 1. The number of hydrogen-bond donors (Lipinski definition) is 1. The molecule has 0 radical (unpaired) electrons. The molecule has 9 nitrogen and oxygen atoms in total. The number of amides is 2. The lowest BCUT2D eigenvalue weighted by Gasteiger charge is -2.44. The second kappa shape index (κ2) is 11.8. The van der Waals surface area contributed by atoms with Crippen LogP contribution in [0.25, 0.3) is 11.1 Å². The standard InChI is InChI=1S/C32H33FN4O5/c1-20(12-15-38)41-28-7-5-4-6-24(28)22-8-9-25(26(33)17-22)30(39)36-13-10-23(11-14-36)37-27-16-21(18-34)19-35-29(27)42-32(2,3)31(37)40/h4-9,16-17,19-20,23,38H,10-15H2,1-3H3/t20-/m1/s1. The number of likely N-dealkylation sites (tertiary alicyclic amines) is 1. The lowest BCUT2D eigenvalue weighted by Crippen LogP contribution is -2.58. The molecule has 3 heterocycles. The summed E-state index contributed by atoms with van der Waals surface area (Å²) >= 11 is 0. The first-order chi connectivity index (χ1) is 20.1. The number of aromatic nitrogens is 1. The van der Waals surface area contributed by atoms with Gasteiger partial charge in [-0.25, -0.2) is 9.37 Å². The van der Waals surface area contributed by atoms with Crippen molar-refractivity contribution in [3.8, 4) is 28.8 Å². The van der Waals surface area contributed by atoms with Crippen molar-refractivity contribution < 1.29 is 28.6 Å².